The zero-order valence-corrected chi connectivity index (χ0v) is 19.3. The van der Waals surface area contributed by atoms with Crippen molar-refractivity contribution >= 4 is 52.3 Å². The first-order valence-electron chi connectivity index (χ1n) is 10.2. The molecule has 1 aliphatic heterocycles. The molecule has 2 heterocycles. The highest BCUT2D eigenvalue weighted by Crippen LogP contribution is 2.31. The number of thiophene rings is 1. The normalized spacial score (nSPS) is 12.6. The average molecular weight is 482 g/mol. The number of anilines is 1. The number of amides is 4. The molecule has 0 saturated carbocycles. The van der Waals surface area contributed by atoms with Crippen molar-refractivity contribution in [2.75, 3.05) is 11.9 Å². The van der Waals surface area contributed by atoms with Crippen molar-refractivity contribution in [3.05, 3.63) is 86.1 Å². The minimum absolute atomic E-state index is 0.0769. The quantitative estimate of drug-likeness (QED) is 0.496. The Hall–Kier alpha value is -3.49. The second kappa shape index (κ2) is 9.56. The Morgan fingerprint density at radius 3 is 2.36 bits per heavy atom. The Balaban J connectivity index is 1.48. The lowest BCUT2D eigenvalue weighted by molar-refractivity contribution is -0.118. The zero-order chi connectivity index (χ0) is 23.5. The van der Waals surface area contributed by atoms with Gasteiger partial charge in [0.15, 0.2) is 0 Å². The molecule has 9 heteroatoms. The molecule has 0 aliphatic carbocycles. The van der Waals surface area contributed by atoms with Crippen LogP contribution in [-0.4, -0.2) is 35.1 Å². The van der Waals surface area contributed by atoms with Gasteiger partial charge in [0, 0.05) is 13.5 Å². The molecule has 0 spiro atoms. The van der Waals surface area contributed by atoms with Crippen LogP contribution >= 0.6 is 22.9 Å². The van der Waals surface area contributed by atoms with Crippen molar-refractivity contribution in [1.82, 2.24) is 10.2 Å². The summed E-state index contributed by atoms with van der Waals surface area (Å²) < 4.78 is 0.483. The molecule has 2 N–H and O–H groups in total. The fourth-order valence-corrected chi connectivity index (χ4v) is 4.52. The summed E-state index contributed by atoms with van der Waals surface area (Å²) in [5.41, 5.74) is 2.57. The van der Waals surface area contributed by atoms with Crippen LogP contribution in [0.4, 0.5) is 5.69 Å². The lowest BCUT2D eigenvalue weighted by atomic mass is 10.1. The van der Waals surface area contributed by atoms with Gasteiger partial charge in [0.05, 0.1) is 32.6 Å². The first kappa shape index (κ1) is 22.7. The third-order valence-corrected chi connectivity index (χ3v) is 6.43. The highest BCUT2D eigenvalue weighted by Gasteiger charge is 2.37. The second-order valence-electron chi connectivity index (χ2n) is 7.53. The molecular weight excluding hydrogens is 462 g/mol. The summed E-state index contributed by atoms with van der Waals surface area (Å²) in [5.74, 6) is -1.33. The lowest BCUT2D eigenvalue weighted by Gasteiger charge is -2.14. The number of imide groups is 1. The Kier molecular flexibility index (Phi) is 6.57. The van der Waals surface area contributed by atoms with Gasteiger partial charge in [0.2, 0.25) is 5.91 Å². The molecule has 3 aromatic rings. The number of rotatable bonds is 7. The number of fused-ring (bicyclic) bond motifs is 1. The molecule has 4 amide bonds. The Morgan fingerprint density at radius 1 is 0.970 bits per heavy atom. The van der Waals surface area contributed by atoms with E-state index in [2.05, 4.69) is 10.6 Å². The number of hydrogen-bond donors (Lipinski definition) is 2. The topological polar surface area (TPSA) is 95.6 Å². The highest BCUT2D eigenvalue weighted by molar-refractivity contribution is 7.18. The standard InChI is InChI=1S/C24H20ClN3O4S/c1-14(29)26-12-11-15-5-7-16(8-6-15)13-28-23(31)17-3-2-4-18(21(17)24(28)32)27-22(30)19-9-10-20(25)33-19/h2-10H,11-13H2,1H3,(H,26,29)(H,27,30). The third-order valence-electron chi connectivity index (χ3n) is 5.20. The molecule has 0 atom stereocenters. The van der Waals surface area contributed by atoms with Gasteiger partial charge in [-0.25, -0.2) is 0 Å². The molecule has 1 aromatic heterocycles. The number of carbonyl (C=O) groups excluding carboxylic acids is 4. The largest absolute Gasteiger partial charge is 0.356 e. The van der Waals surface area contributed by atoms with Gasteiger partial charge in [-0.15, -0.1) is 11.3 Å². The molecule has 0 saturated heterocycles. The van der Waals surface area contributed by atoms with Gasteiger partial charge < -0.3 is 10.6 Å². The number of hydrogen-bond acceptors (Lipinski definition) is 5. The number of benzene rings is 2. The van der Waals surface area contributed by atoms with Crippen LogP contribution in [0.5, 0.6) is 0 Å². The molecule has 4 rings (SSSR count). The molecule has 0 unspecified atom stereocenters. The summed E-state index contributed by atoms with van der Waals surface area (Å²) in [5, 5.41) is 5.47. The SMILES string of the molecule is CC(=O)NCCc1ccc(CN2C(=O)c3cccc(NC(=O)c4ccc(Cl)s4)c3C2=O)cc1. The fraction of sp³-hybridized carbons (Fsp3) is 0.167. The van der Waals surface area contributed by atoms with E-state index in [1.54, 1.807) is 30.3 Å². The number of carbonyl (C=O) groups is 4. The van der Waals surface area contributed by atoms with Crippen molar-refractivity contribution in [2.45, 2.75) is 19.9 Å². The van der Waals surface area contributed by atoms with E-state index < -0.39 is 17.7 Å². The predicted octanol–water partition coefficient (Wildman–Crippen LogP) is 4.13. The van der Waals surface area contributed by atoms with Gasteiger partial charge >= 0.3 is 0 Å². The minimum Gasteiger partial charge on any atom is -0.356 e. The van der Waals surface area contributed by atoms with E-state index in [4.69, 9.17) is 11.6 Å². The summed E-state index contributed by atoms with van der Waals surface area (Å²) in [6.07, 6.45) is 0.686. The van der Waals surface area contributed by atoms with Gasteiger partial charge in [-0.2, -0.15) is 0 Å². The third kappa shape index (κ3) is 4.97. The van der Waals surface area contributed by atoms with Gasteiger partial charge in [-0.05, 0) is 41.8 Å². The zero-order valence-electron chi connectivity index (χ0n) is 17.7. The molecule has 33 heavy (non-hydrogen) atoms. The van der Waals surface area contributed by atoms with Crippen molar-refractivity contribution < 1.29 is 19.2 Å². The van der Waals surface area contributed by atoms with Crippen molar-refractivity contribution in [3.63, 3.8) is 0 Å². The Labute approximate surface area is 199 Å². The molecule has 0 radical (unpaired) electrons. The molecule has 0 fully saturated rings. The Morgan fingerprint density at radius 2 is 1.70 bits per heavy atom. The Bertz CT molecular complexity index is 1250. The van der Waals surface area contributed by atoms with Crippen LogP contribution in [0.1, 0.15) is 48.4 Å². The van der Waals surface area contributed by atoms with Crippen molar-refractivity contribution in [2.24, 2.45) is 0 Å². The summed E-state index contributed by atoms with van der Waals surface area (Å²) >= 11 is 7.03. The van der Waals surface area contributed by atoms with Gasteiger partial charge in [-0.1, -0.05) is 41.9 Å². The summed E-state index contributed by atoms with van der Waals surface area (Å²) in [7, 11) is 0. The van der Waals surface area contributed by atoms with E-state index in [9.17, 15) is 19.2 Å². The molecule has 2 aromatic carbocycles. The van der Waals surface area contributed by atoms with Crippen LogP contribution in [0.3, 0.4) is 0 Å². The van der Waals surface area contributed by atoms with E-state index in [-0.39, 0.29) is 29.3 Å². The van der Waals surface area contributed by atoms with Gasteiger partial charge in [0.25, 0.3) is 17.7 Å². The average Bonchev–Trinajstić information content (AvgIpc) is 3.32. The number of halogens is 1. The van der Waals surface area contributed by atoms with Crippen LogP contribution in [0.2, 0.25) is 4.34 Å². The fourth-order valence-electron chi connectivity index (χ4n) is 3.58. The van der Waals surface area contributed by atoms with Gasteiger partial charge in [0.1, 0.15) is 0 Å². The molecular formula is C24H20ClN3O4S. The maximum absolute atomic E-state index is 13.1. The van der Waals surface area contributed by atoms with Crippen LogP contribution in [0.25, 0.3) is 0 Å². The van der Waals surface area contributed by atoms with E-state index in [0.717, 1.165) is 22.5 Å². The highest BCUT2D eigenvalue weighted by atomic mass is 35.5. The van der Waals surface area contributed by atoms with Crippen molar-refractivity contribution in [1.29, 1.82) is 0 Å². The molecule has 168 valence electrons. The maximum Gasteiger partial charge on any atom is 0.265 e. The van der Waals surface area contributed by atoms with E-state index in [1.165, 1.54) is 11.8 Å². The predicted molar refractivity (Wildman–Crippen MR) is 127 cm³/mol. The number of nitrogens with zero attached hydrogens (tertiary/aromatic N) is 1. The van der Waals surface area contributed by atoms with Crippen LogP contribution < -0.4 is 10.6 Å². The van der Waals surface area contributed by atoms with E-state index >= 15 is 0 Å². The smallest absolute Gasteiger partial charge is 0.265 e. The molecule has 7 nitrogen and oxygen atoms in total. The molecule has 0 bridgehead atoms. The summed E-state index contributed by atoms with van der Waals surface area (Å²) in [6.45, 7) is 2.13. The monoisotopic (exact) mass is 481 g/mol. The maximum atomic E-state index is 13.1. The lowest BCUT2D eigenvalue weighted by Crippen LogP contribution is -2.29. The molecule has 1 aliphatic rings. The minimum atomic E-state index is -0.454. The van der Waals surface area contributed by atoms with E-state index in [0.29, 0.717) is 22.2 Å². The van der Waals surface area contributed by atoms with Crippen LogP contribution in [0, 0.1) is 0 Å². The first-order valence-corrected chi connectivity index (χ1v) is 11.4. The van der Waals surface area contributed by atoms with E-state index in [1.807, 2.05) is 24.3 Å². The second-order valence-corrected chi connectivity index (χ2v) is 9.25. The summed E-state index contributed by atoms with van der Waals surface area (Å²) in [4.78, 5) is 51.2. The van der Waals surface area contributed by atoms with Crippen LogP contribution in [0.15, 0.2) is 54.6 Å². The first-order chi connectivity index (χ1) is 15.8. The number of nitrogens with one attached hydrogen (secondary N) is 2. The van der Waals surface area contributed by atoms with Crippen LogP contribution in [-0.2, 0) is 17.8 Å². The van der Waals surface area contributed by atoms with Gasteiger partial charge in [-0.3, -0.25) is 24.1 Å². The van der Waals surface area contributed by atoms with Crippen molar-refractivity contribution in [3.8, 4) is 0 Å². The summed E-state index contributed by atoms with van der Waals surface area (Å²) in [6, 6.07) is 15.6.